The molecule has 0 aliphatic carbocycles. The summed E-state index contributed by atoms with van der Waals surface area (Å²) in [7, 11) is 0. The van der Waals surface area contributed by atoms with Gasteiger partial charge in [-0.1, -0.05) is 17.3 Å². The number of hydrogen-bond donors (Lipinski definition) is 0. The van der Waals surface area contributed by atoms with Crippen LogP contribution in [0.1, 0.15) is 6.92 Å². The Labute approximate surface area is 85.2 Å². The molecular weight excluding hydrogens is 202 g/mol. The molecule has 0 saturated carbocycles. The minimum absolute atomic E-state index is 0.200. The van der Waals surface area contributed by atoms with Gasteiger partial charge in [-0.05, 0) is 6.92 Å². The van der Waals surface area contributed by atoms with Gasteiger partial charge in [0.15, 0.2) is 0 Å². The highest BCUT2D eigenvalue weighted by Crippen LogP contribution is 1.87. The maximum atomic E-state index is 11.5. The summed E-state index contributed by atoms with van der Waals surface area (Å²) in [4.78, 5) is 11.5. The Morgan fingerprint density at radius 2 is 2.43 bits per heavy atom. The summed E-state index contributed by atoms with van der Waals surface area (Å²) >= 11 is -0.884. The molecule has 0 fully saturated rings. The zero-order valence-electron chi connectivity index (χ0n) is 8.21. The van der Waals surface area contributed by atoms with Crippen molar-refractivity contribution in [3.05, 3.63) is 22.9 Å². The molecule has 0 radical (unpaired) electrons. The van der Waals surface area contributed by atoms with Gasteiger partial charge in [0.25, 0.3) is 0 Å². The number of nitrogens with zero attached hydrogens (tertiary/aromatic N) is 3. The van der Waals surface area contributed by atoms with Crippen LogP contribution in [0.25, 0.3) is 6.20 Å². The van der Waals surface area contributed by atoms with Crippen LogP contribution in [0.2, 0.25) is 0 Å². The molecule has 0 N–H and O–H groups in total. The van der Waals surface area contributed by atoms with Crippen LogP contribution in [0, 0.1) is 0 Å². The van der Waals surface area contributed by atoms with E-state index in [1.54, 1.807) is 18.5 Å². The van der Waals surface area contributed by atoms with Gasteiger partial charge < -0.3 is 4.55 Å². The van der Waals surface area contributed by atoms with Crippen molar-refractivity contribution < 1.29 is 4.55 Å². The van der Waals surface area contributed by atoms with Crippen molar-refractivity contribution in [1.29, 1.82) is 0 Å². The Kier molecular flexibility index (Phi) is 3.97. The molecule has 1 unspecified atom stereocenters. The van der Waals surface area contributed by atoms with Crippen molar-refractivity contribution in [1.82, 2.24) is 14.3 Å². The van der Waals surface area contributed by atoms with Gasteiger partial charge in [-0.15, -0.1) is 0 Å². The molecule has 1 rings (SSSR count). The van der Waals surface area contributed by atoms with E-state index in [0.29, 0.717) is 12.3 Å². The summed E-state index contributed by atoms with van der Waals surface area (Å²) in [6.45, 7) is 2.26. The zero-order valence-corrected chi connectivity index (χ0v) is 9.03. The Bertz CT molecular complexity index is 367. The largest absolute Gasteiger partial charge is 0.617 e. The van der Waals surface area contributed by atoms with Crippen molar-refractivity contribution in [2.45, 2.75) is 13.5 Å². The molecule has 0 aliphatic rings. The quantitative estimate of drug-likeness (QED) is 0.660. The van der Waals surface area contributed by atoms with Gasteiger partial charge in [0, 0.05) is 6.20 Å². The minimum Gasteiger partial charge on any atom is -0.617 e. The number of hydrogen-bond acceptors (Lipinski definition) is 3. The monoisotopic (exact) mass is 215 g/mol. The molecule has 1 heterocycles. The lowest BCUT2D eigenvalue weighted by Crippen LogP contribution is -2.24. The maximum absolute atomic E-state index is 11.5. The number of rotatable bonds is 4. The van der Waals surface area contributed by atoms with Gasteiger partial charge >= 0.3 is 5.69 Å². The van der Waals surface area contributed by atoms with Crippen LogP contribution in [-0.2, 0) is 17.7 Å². The first-order valence-corrected chi connectivity index (χ1v) is 5.94. The van der Waals surface area contributed by atoms with E-state index < -0.39 is 11.2 Å². The molecule has 6 heteroatoms. The summed E-state index contributed by atoms with van der Waals surface area (Å²) in [6, 6.07) is 0. The van der Waals surface area contributed by atoms with Crippen LogP contribution in [0.5, 0.6) is 0 Å². The van der Waals surface area contributed by atoms with Crippen molar-refractivity contribution >= 4 is 17.4 Å². The first kappa shape index (κ1) is 11.1. The predicted octanol–water partition coefficient (Wildman–Crippen LogP) is -0.0861. The highest BCUT2D eigenvalue weighted by molar-refractivity contribution is 7.90. The molecule has 0 spiro atoms. The highest BCUT2D eigenvalue weighted by Gasteiger charge is 2.04. The van der Waals surface area contributed by atoms with Gasteiger partial charge in [-0.2, -0.15) is 9.78 Å². The van der Waals surface area contributed by atoms with E-state index in [-0.39, 0.29) is 5.69 Å². The van der Waals surface area contributed by atoms with Crippen LogP contribution in [-0.4, -0.2) is 30.9 Å². The van der Waals surface area contributed by atoms with Crippen LogP contribution >= 0.6 is 0 Å². The van der Waals surface area contributed by atoms with Crippen molar-refractivity contribution in [3.63, 3.8) is 0 Å². The lowest BCUT2D eigenvalue weighted by molar-refractivity contribution is 0.591. The third kappa shape index (κ3) is 2.74. The SMILES string of the molecule is C/C=C/n1ncn(CC[S+](C)[O-])c1=O. The average Bonchev–Trinajstić information content (AvgIpc) is 2.46. The Morgan fingerprint density at radius 1 is 1.71 bits per heavy atom. The first-order valence-electron chi connectivity index (χ1n) is 4.22. The number of aryl methyl sites for hydroxylation is 1. The molecule has 1 atom stereocenters. The molecule has 78 valence electrons. The highest BCUT2D eigenvalue weighted by atomic mass is 32.2. The molecule has 0 aromatic carbocycles. The molecule has 0 bridgehead atoms. The fourth-order valence-corrected chi connectivity index (χ4v) is 1.43. The van der Waals surface area contributed by atoms with Crippen LogP contribution in [0.15, 0.2) is 17.2 Å². The Morgan fingerprint density at radius 3 is 3.00 bits per heavy atom. The molecule has 1 aromatic rings. The normalized spacial score (nSPS) is 13.6. The zero-order chi connectivity index (χ0) is 10.6. The second-order valence-electron chi connectivity index (χ2n) is 2.81. The number of allylic oxidation sites excluding steroid dienone is 1. The molecular formula is C8H13N3O2S. The summed E-state index contributed by atoms with van der Waals surface area (Å²) in [5.74, 6) is 0.474. The van der Waals surface area contributed by atoms with Crippen LogP contribution in [0.3, 0.4) is 0 Å². The lowest BCUT2D eigenvalue weighted by Gasteiger charge is -2.03. The lowest BCUT2D eigenvalue weighted by atomic mass is 10.7. The van der Waals surface area contributed by atoms with Crippen molar-refractivity contribution in [2.24, 2.45) is 0 Å². The third-order valence-electron chi connectivity index (χ3n) is 1.67. The Balaban J connectivity index is 2.75. The molecule has 5 nitrogen and oxygen atoms in total. The molecule has 14 heavy (non-hydrogen) atoms. The number of aromatic nitrogens is 3. The van der Waals surface area contributed by atoms with E-state index in [0.717, 1.165) is 0 Å². The average molecular weight is 215 g/mol. The van der Waals surface area contributed by atoms with Gasteiger partial charge in [0.2, 0.25) is 0 Å². The van der Waals surface area contributed by atoms with Gasteiger partial charge in [-0.3, -0.25) is 4.57 Å². The summed E-state index contributed by atoms with van der Waals surface area (Å²) in [6.07, 6.45) is 6.38. The molecule has 0 amide bonds. The van der Waals surface area contributed by atoms with Crippen LogP contribution in [0.4, 0.5) is 0 Å². The second-order valence-corrected chi connectivity index (χ2v) is 4.37. The van der Waals surface area contributed by atoms with Gasteiger partial charge in [-0.25, -0.2) is 4.79 Å². The van der Waals surface area contributed by atoms with E-state index in [1.165, 1.54) is 15.6 Å². The second kappa shape index (κ2) is 5.02. The Hall–Kier alpha value is -1.01. The minimum atomic E-state index is -0.884. The fraction of sp³-hybridized carbons (Fsp3) is 0.500. The van der Waals surface area contributed by atoms with E-state index in [2.05, 4.69) is 5.10 Å². The maximum Gasteiger partial charge on any atom is 0.350 e. The van der Waals surface area contributed by atoms with Gasteiger partial charge in [0.05, 0.1) is 12.8 Å². The van der Waals surface area contributed by atoms with Gasteiger partial charge in [0.1, 0.15) is 12.1 Å². The van der Waals surface area contributed by atoms with E-state index in [1.807, 2.05) is 6.92 Å². The standard InChI is InChI=1S/C8H13N3O2S/c1-3-4-11-8(12)10(7-9-11)5-6-14(2)13/h3-4,7H,5-6H2,1-2H3/b4-3+. The summed E-state index contributed by atoms with van der Waals surface area (Å²) in [5, 5.41) is 3.86. The van der Waals surface area contributed by atoms with Crippen molar-refractivity contribution in [2.75, 3.05) is 12.0 Å². The van der Waals surface area contributed by atoms with Crippen LogP contribution < -0.4 is 5.69 Å². The summed E-state index contributed by atoms with van der Waals surface area (Å²) < 4.78 is 13.5. The molecule has 1 aromatic heterocycles. The topological polar surface area (TPSA) is 62.9 Å². The van der Waals surface area contributed by atoms with E-state index >= 15 is 0 Å². The van der Waals surface area contributed by atoms with Crippen molar-refractivity contribution in [3.8, 4) is 0 Å². The fourth-order valence-electron chi connectivity index (χ4n) is 0.972. The van der Waals surface area contributed by atoms with E-state index in [4.69, 9.17) is 0 Å². The third-order valence-corrected chi connectivity index (χ3v) is 2.42. The first-order chi connectivity index (χ1) is 6.65. The smallest absolute Gasteiger partial charge is 0.350 e. The predicted molar refractivity (Wildman–Crippen MR) is 56.4 cm³/mol. The molecule has 0 aliphatic heterocycles. The summed E-state index contributed by atoms with van der Waals surface area (Å²) in [5.41, 5.74) is -0.200. The molecule has 0 saturated heterocycles. The van der Waals surface area contributed by atoms with E-state index in [9.17, 15) is 9.35 Å².